The van der Waals surface area contributed by atoms with Gasteiger partial charge in [0.05, 0.1) is 4.92 Å². The van der Waals surface area contributed by atoms with Crippen LogP contribution in [0.2, 0.25) is 0 Å². The second-order valence-electron chi connectivity index (χ2n) is 6.51. The van der Waals surface area contributed by atoms with Gasteiger partial charge in [-0.3, -0.25) is 14.9 Å². The number of amides is 1. The van der Waals surface area contributed by atoms with Gasteiger partial charge in [0.2, 0.25) is 0 Å². The molecule has 0 radical (unpaired) electrons. The largest absolute Gasteiger partial charge is 0.328 e. The molecule has 0 aromatic heterocycles. The lowest BCUT2D eigenvalue weighted by molar-refractivity contribution is -0.676. The molecular weight excluding hydrogens is 354 g/mol. The highest BCUT2D eigenvalue weighted by Crippen LogP contribution is 2.27. The summed E-state index contributed by atoms with van der Waals surface area (Å²) < 4.78 is 0. The van der Waals surface area contributed by atoms with E-state index in [1.807, 2.05) is 66.0 Å². The molecule has 0 saturated carbocycles. The van der Waals surface area contributed by atoms with Gasteiger partial charge < -0.3 is 10.6 Å². The summed E-state index contributed by atoms with van der Waals surface area (Å²) in [6.07, 6.45) is 0. The minimum absolute atomic E-state index is 0.0417. The topological polar surface area (TPSA) is 88.9 Å². The summed E-state index contributed by atoms with van der Waals surface area (Å²) in [7, 11) is 0. The lowest BCUT2D eigenvalue weighted by Crippen LogP contribution is -2.87. The van der Waals surface area contributed by atoms with Crippen molar-refractivity contribution in [1.29, 1.82) is 0 Å². The number of nitrogens with one attached hydrogen (secondary N) is 1. The van der Waals surface area contributed by atoms with E-state index in [0.717, 1.165) is 11.1 Å². The third-order valence-electron chi connectivity index (χ3n) is 4.57. The number of carbonyl (C=O) groups is 1. The molecular formula is C22H22N3O3+. The normalized spacial score (nSPS) is 10.6. The lowest BCUT2D eigenvalue weighted by atomic mass is 9.99. The van der Waals surface area contributed by atoms with Crippen LogP contribution in [0.15, 0.2) is 78.9 Å². The van der Waals surface area contributed by atoms with Crippen LogP contribution in [0, 0.1) is 17.0 Å². The Morgan fingerprint density at radius 2 is 1.54 bits per heavy atom. The van der Waals surface area contributed by atoms with Crippen LogP contribution < -0.4 is 10.6 Å². The number of para-hydroxylation sites is 1. The zero-order valence-corrected chi connectivity index (χ0v) is 15.5. The van der Waals surface area contributed by atoms with Crippen molar-refractivity contribution in [2.75, 3.05) is 11.9 Å². The Bertz CT molecular complexity index is 920. The minimum Gasteiger partial charge on any atom is -0.328 e. The zero-order chi connectivity index (χ0) is 19.9. The predicted molar refractivity (Wildman–Crippen MR) is 108 cm³/mol. The van der Waals surface area contributed by atoms with Gasteiger partial charge >= 0.3 is 0 Å². The van der Waals surface area contributed by atoms with Gasteiger partial charge in [-0.1, -0.05) is 72.8 Å². The van der Waals surface area contributed by atoms with Crippen molar-refractivity contribution in [2.45, 2.75) is 13.0 Å². The van der Waals surface area contributed by atoms with Gasteiger partial charge in [-0.25, -0.2) is 0 Å². The summed E-state index contributed by atoms with van der Waals surface area (Å²) in [5, 5.41) is 15.9. The number of nitro groups is 1. The molecule has 0 atom stereocenters. The van der Waals surface area contributed by atoms with Gasteiger partial charge in [0.25, 0.3) is 11.6 Å². The maximum Gasteiger partial charge on any atom is 0.293 e. The number of rotatable bonds is 7. The summed E-state index contributed by atoms with van der Waals surface area (Å²) in [5.41, 5.74) is 2.98. The number of carbonyl (C=O) groups excluding carboxylic acids is 1. The number of aryl methyl sites for hydroxylation is 1. The quantitative estimate of drug-likeness (QED) is 0.490. The molecule has 0 aliphatic carbocycles. The Morgan fingerprint density at radius 1 is 0.964 bits per heavy atom. The van der Waals surface area contributed by atoms with Crippen LogP contribution in [0.4, 0.5) is 11.4 Å². The molecule has 6 nitrogen and oxygen atoms in total. The van der Waals surface area contributed by atoms with Crippen LogP contribution in [0.25, 0.3) is 0 Å². The first-order valence-corrected chi connectivity index (χ1v) is 9.03. The molecule has 3 rings (SSSR count). The van der Waals surface area contributed by atoms with Crippen molar-refractivity contribution in [1.82, 2.24) is 0 Å². The summed E-state index contributed by atoms with van der Waals surface area (Å²) in [6, 6.07) is 24.6. The summed E-state index contributed by atoms with van der Waals surface area (Å²) >= 11 is 0. The molecule has 0 aliphatic heterocycles. The van der Waals surface area contributed by atoms with E-state index in [0.29, 0.717) is 5.56 Å². The van der Waals surface area contributed by atoms with Crippen LogP contribution in [0.1, 0.15) is 22.7 Å². The number of anilines is 1. The molecule has 0 spiro atoms. The molecule has 1 amide bonds. The summed E-state index contributed by atoms with van der Waals surface area (Å²) in [6.45, 7) is 1.88. The first-order valence-electron chi connectivity index (χ1n) is 9.03. The third kappa shape index (κ3) is 4.61. The molecule has 142 valence electrons. The molecule has 0 bridgehead atoms. The number of benzene rings is 3. The van der Waals surface area contributed by atoms with Crippen molar-refractivity contribution >= 4 is 17.3 Å². The molecule has 3 aromatic carbocycles. The van der Waals surface area contributed by atoms with Gasteiger partial charge in [0.15, 0.2) is 6.54 Å². The monoisotopic (exact) mass is 376 g/mol. The van der Waals surface area contributed by atoms with E-state index in [1.54, 1.807) is 19.1 Å². The van der Waals surface area contributed by atoms with Crippen LogP contribution >= 0.6 is 0 Å². The standard InChI is InChI=1S/C22H21N3O3/c1-16-9-8-14-19(25(27)28)21(16)24-20(26)15-23-22(17-10-4-2-5-11-17)18-12-6-3-7-13-18/h2-14,22-23H,15H2,1H3,(H,24,26)/p+1. The van der Waals surface area contributed by atoms with Gasteiger partial charge in [-0.15, -0.1) is 0 Å². The molecule has 3 N–H and O–H groups in total. The maximum atomic E-state index is 12.5. The second kappa shape index (κ2) is 8.92. The molecule has 3 aromatic rings. The number of hydrogen-bond donors (Lipinski definition) is 2. The highest BCUT2D eigenvalue weighted by atomic mass is 16.6. The summed E-state index contributed by atoms with van der Waals surface area (Å²) in [5.74, 6) is -0.283. The van der Waals surface area contributed by atoms with E-state index in [-0.39, 0.29) is 29.9 Å². The minimum atomic E-state index is -0.483. The third-order valence-corrected chi connectivity index (χ3v) is 4.57. The van der Waals surface area contributed by atoms with Gasteiger partial charge in [0, 0.05) is 17.2 Å². The Balaban J connectivity index is 1.76. The number of hydrogen-bond acceptors (Lipinski definition) is 3. The van der Waals surface area contributed by atoms with Gasteiger partial charge in [-0.2, -0.15) is 0 Å². The Labute approximate surface area is 163 Å². The van der Waals surface area contributed by atoms with Crippen LogP contribution in [-0.4, -0.2) is 17.4 Å². The van der Waals surface area contributed by atoms with Gasteiger partial charge in [0.1, 0.15) is 11.7 Å². The van der Waals surface area contributed by atoms with Crippen LogP contribution in [-0.2, 0) is 4.79 Å². The van der Waals surface area contributed by atoms with E-state index in [9.17, 15) is 14.9 Å². The van der Waals surface area contributed by atoms with E-state index in [4.69, 9.17) is 0 Å². The van der Waals surface area contributed by atoms with Crippen molar-refractivity contribution in [2.24, 2.45) is 0 Å². The first kappa shape index (κ1) is 19.3. The number of nitrogens with two attached hydrogens (primary N) is 1. The van der Waals surface area contributed by atoms with E-state index >= 15 is 0 Å². The molecule has 28 heavy (non-hydrogen) atoms. The second-order valence-corrected chi connectivity index (χ2v) is 6.51. The van der Waals surface area contributed by atoms with E-state index in [2.05, 4.69) is 5.32 Å². The van der Waals surface area contributed by atoms with Gasteiger partial charge in [-0.05, 0) is 12.5 Å². The molecule has 0 saturated heterocycles. The molecule has 0 heterocycles. The predicted octanol–water partition coefficient (Wildman–Crippen LogP) is 3.19. The fourth-order valence-electron chi connectivity index (χ4n) is 3.17. The van der Waals surface area contributed by atoms with Crippen LogP contribution in [0.5, 0.6) is 0 Å². The average molecular weight is 376 g/mol. The van der Waals surface area contributed by atoms with Crippen molar-refractivity contribution in [3.05, 3.63) is 106 Å². The zero-order valence-electron chi connectivity index (χ0n) is 15.5. The Morgan fingerprint density at radius 3 is 2.07 bits per heavy atom. The molecule has 0 unspecified atom stereocenters. The van der Waals surface area contributed by atoms with E-state index < -0.39 is 4.92 Å². The Hall–Kier alpha value is -3.51. The molecule has 6 heteroatoms. The van der Waals surface area contributed by atoms with Crippen LogP contribution in [0.3, 0.4) is 0 Å². The molecule has 0 aliphatic rings. The van der Waals surface area contributed by atoms with Crippen molar-refractivity contribution in [3.8, 4) is 0 Å². The molecule has 0 fully saturated rings. The first-order chi connectivity index (χ1) is 13.6. The fraction of sp³-hybridized carbons (Fsp3) is 0.136. The number of nitrogens with zero attached hydrogens (tertiary/aromatic N) is 1. The SMILES string of the molecule is Cc1cccc([N+](=O)[O-])c1NC(=O)C[NH2+]C(c1ccccc1)c1ccccc1. The Kier molecular flexibility index (Phi) is 6.14. The lowest BCUT2D eigenvalue weighted by Gasteiger charge is -2.16. The highest BCUT2D eigenvalue weighted by molar-refractivity contribution is 5.94. The van der Waals surface area contributed by atoms with Crippen molar-refractivity contribution < 1.29 is 15.0 Å². The average Bonchev–Trinajstić information content (AvgIpc) is 2.71. The van der Waals surface area contributed by atoms with E-state index in [1.165, 1.54) is 6.07 Å². The van der Waals surface area contributed by atoms with Crippen molar-refractivity contribution in [3.63, 3.8) is 0 Å². The highest BCUT2D eigenvalue weighted by Gasteiger charge is 2.21. The number of quaternary nitrogens is 1. The maximum absolute atomic E-state index is 12.5. The smallest absolute Gasteiger partial charge is 0.293 e. The number of nitro benzene ring substituents is 1. The fourth-order valence-corrected chi connectivity index (χ4v) is 3.17. The summed E-state index contributed by atoms with van der Waals surface area (Å²) in [4.78, 5) is 23.3.